The summed E-state index contributed by atoms with van der Waals surface area (Å²) < 4.78 is 13.5. The van der Waals surface area contributed by atoms with Crippen LogP contribution in [0.4, 0.5) is 4.39 Å². The lowest BCUT2D eigenvalue weighted by atomic mass is 10.1. The normalized spacial score (nSPS) is 11.5. The van der Waals surface area contributed by atoms with E-state index < -0.39 is 0 Å². The molecule has 2 N–H and O–H groups in total. The van der Waals surface area contributed by atoms with Gasteiger partial charge < -0.3 is 10.1 Å². The fourth-order valence-electron chi connectivity index (χ4n) is 2.49. The highest BCUT2D eigenvalue weighted by Crippen LogP contribution is 2.26. The summed E-state index contributed by atoms with van der Waals surface area (Å²) in [4.78, 5) is 7.25. The van der Waals surface area contributed by atoms with E-state index in [1.54, 1.807) is 18.3 Å². The van der Waals surface area contributed by atoms with Crippen LogP contribution in [-0.2, 0) is 6.42 Å². The minimum absolute atomic E-state index is 0.107. The molecule has 0 amide bonds. The van der Waals surface area contributed by atoms with E-state index in [0.29, 0.717) is 24.1 Å². The van der Waals surface area contributed by atoms with Gasteiger partial charge in [-0.3, -0.25) is 4.99 Å². The molecule has 2 aromatic carbocycles. The Bertz CT molecular complexity index is 836. The molecule has 3 aromatic rings. The zero-order chi connectivity index (χ0) is 15.5. The Morgan fingerprint density at radius 2 is 2.05 bits per heavy atom. The van der Waals surface area contributed by atoms with Gasteiger partial charge in [0, 0.05) is 23.7 Å². The molecular formula is C18H17FN2O. The van der Waals surface area contributed by atoms with Crippen LogP contribution >= 0.6 is 0 Å². The molecule has 112 valence electrons. The first-order valence-electron chi connectivity index (χ1n) is 7.19. The molecule has 0 aliphatic heterocycles. The molecule has 3 rings (SSSR count). The van der Waals surface area contributed by atoms with Gasteiger partial charge in [0.1, 0.15) is 5.82 Å². The second-order valence-corrected chi connectivity index (χ2v) is 5.31. The fourth-order valence-corrected chi connectivity index (χ4v) is 2.49. The summed E-state index contributed by atoms with van der Waals surface area (Å²) in [6.45, 7) is 2.47. The van der Waals surface area contributed by atoms with E-state index >= 15 is 0 Å². The largest absolute Gasteiger partial charge is 0.494 e. The minimum Gasteiger partial charge on any atom is -0.494 e. The van der Waals surface area contributed by atoms with Gasteiger partial charge in [0.2, 0.25) is 0 Å². The number of halogens is 1. The van der Waals surface area contributed by atoms with E-state index in [4.69, 9.17) is 0 Å². The van der Waals surface area contributed by atoms with Gasteiger partial charge in [-0.25, -0.2) is 4.39 Å². The highest BCUT2D eigenvalue weighted by Gasteiger charge is 2.08. The lowest BCUT2D eigenvalue weighted by Crippen LogP contribution is -1.94. The molecule has 3 nitrogen and oxygen atoms in total. The number of aryl methyl sites for hydroxylation is 1. The van der Waals surface area contributed by atoms with Crippen LogP contribution in [0, 0.1) is 12.7 Å². The van der Waals surface area contributed by atoms with Crippen LogP contribution in [-0.4, -0.2) is 22.8 Å². The smallest absolute Gasteiger partial charge is 0.198 e. The van der Waals surface area contributed by atoms with E-state index in [-0.39, 0.29) is 11.7 Å². The molecule has 1 heterocycles. The molecular weight excluding hydrogens is 279 g/mol. The summed E-state index contributed by atoms with van der Waals surface area (Å²) in [5.41, 5.74) is 3.32. The van der Waals surface area contributed by atoms with E-state index in [1.165, 1.54) is 6.07 Å². The Labute approximate surface area is 128 Å². The van der Waals surface area contributed by atoms with Crippen molar-refractivity contribution in [1.82, 2.24) is 4.98 Å². The summed E-state index contributed by atoms with van der Waals surface area (Å²) in [7, 11) is 0. The monoisotopic (exact) mass is 296 g/mol. The Kier molecular flexibility index (Phi) is 3.92. The van der Waals surface area contributed by atoms with Crippen molar-refractivity contribution >= 4 is 17.1 Å². The number of aromatic hydroxyl groups is 1. The van der Waals surface area contributed by atoms with Crippen molar-refractivity contribution in [1.29, 1.82) is 0 Å². The van der Waals surface area contributed by atoms with Crippen LogP contribution in [0.25, 0.3) is 10.9 Å². The van der Waals surface area contributed by atoms with Gasteiger partial charge >= 0.3 is 0 Å². The molecule has 0 unspecified atom stereocenters. The average molecular weight is 296 g/mol. The Morgan fingerprint density at radius 3 is 2.86 bits per heavy atom. The second-order valence-electron chi connectivity index (χ2n) is 5.31. The van der Waals surface area contributed by atoms with Gasteiger partial charge in [-0.1, -0.05) is 29.8 Å². The van der Waals surface area contributed by atoms with Crippen molar-refractivity contribution in [3.8, 4) is 5.88 Å². The highest BCUT2D eigenvalue weighted by atomic mass is 19.1. The third kappa shape index (κ3) is 2.86. The molecule has 0 bridgehead atoms. The lowest BCUT2D eigenvalue weighted by molar-refractivity contribution is 0.457. The number of benzene rings is 2. The summed E-state index contributed by atoms with van der Waals surface area (Å²) in [5, 5.41) is 10.9. The van der Waals surface area contributed by atoms with Gasteiger partial charge in [-0.15, -0.1) is 0 Å². The van der Waals surface area contributed by atoms with E-state index in [1.807, 2.05) is 31.2 Å². The number of fused-ring (bicyclic) bond motifs is 1. The van der Waals surface area contributed by atoms with E-state index in [2.05, 4.69) is 9.98 Å². The predicted molar refractivity (Wildman–Crippen MR) is 87.3 cm³/mol. The fraction of sp³-hybridized carbons (Fsp3) is 0.167. The summed E-state index contributed by atoms with van der Waals surface area (Å²) >= 11 is 0. The molecule has 0 aliphatic carbocycles. The van der Waals surface area contributed by atoms with Gasteiger partial charge in [-0.2, -0.15) is 0 Å². The molecule has 22 heavy (non-hydrogen) atoms. The molecule has 0 spiro atoms. The van der Waals surface area contributed by atoms with Crippen LogP contribution in [0.1, 0.15) is 16.7 Å². The van der Waals surface area contributed by atoms with Crippen LogP contribution in [0.15, 0.2) is 47.5 Å². The number of rotatable bonds is 4. The van der Waals surface area contributed by atoms with Crippen molar-refractivity contribution in [2.45, 2.75) is 13.3 Å². The molecule has 0 radical (unpaired) electrons. The third-order valence-electron chi connectivity index (χ3n) is 3.66. The minimum atomic E-state index is -0.205. The number of hydrogen-bond donors (Lipinski definition) is 2. The van der Waals surface area contributed by atoms with E-state index in [0.717, 1.165) is 16.5 Å². The summed E-state index contributed by atoms with van der Waals surface area (Å²) in [6, 6.07) is 12.6. The van der Waals surface area contributed by atoms with Gasteiger partial charge in [-0.05, 0) is 37.1 Å². The van der Waals surface area contributed by atoms with Crippen molar-refractivity contribution < 1.29 is 9.50 Å². The quantitative estimate of drug-likeness (QED) is 0.703. The van der Waals surface area contributed by atoms with Crippen LogP contribution in [0.2, 0.25) is 0 Å². The zero-order valence-electron chi connectivity index (χ0n) is 12.3. The molecule has 0 saturated carbocycles. The van der Waals surface area contributed by atoms with Crippen molar-refractivity contribution in [3.63, 3.8) is 0 Å². The molecule has 0 aliphatic rings. The summed E-state index contributed by atoms with van der Waals surface area (Å²) in [6.07, 6.45) is 2.18. The first kappa shape index (κ1) is 14.3. The molecule has 0 atom stereocenters. The van der Waals surface area contributed by atoms with Crippen molar-refractivity contribution in [2.24, 2.45) is 4.99 Å². The lowest BCUT2D eigenvalue weighted by Gasteiger charge is -1.99. The maximum Gasteiger partial charge on any atom is 0.198 e. The van der Waals surface area contributed by atoms with Gasteiger partial charge in [0.25, 0.3) is 0 Å². The number of hydrogen-bond acceptors (Lipinski definition) is 2. The number of aromatic amines is 1. The van der Waals surface area contributed by atoms with Crippen molar-refractivity contribution in [2.75, 3.05) is 6.54 Å². The van der Waals surface area contributed by atoms with Gasteiger partial charge in [0.05, 0.1) is 5.56 Å². The van der Waals surface area contributed by atoms with E-state index in [9.17, 15) is 9.50 Å². The number of nitrogens with zero attached hydrogens (tertiary/aromatic N) is 1. The zero-order valence-corrected chi connectivity index (χ0v) is 12.3. The number of aliphatic imine (C=N–C) groups is 1. The first-order valence-corrected chi connectivity index (χ1v) is 7.19. The highest BCUT2D eigenvalue weighted by molar-refractivity contribution is 6.02. The average Bonchev–Trinajstić information content (AvgIpc) is 2.81. The van der Waals surface area contributed by atoms with Crippen LogP contribution in [0.3, 0.4) is 0 Å². The number of H-pyrrole nitrogens is 1. The van der Waals surface area contributed by atoms with Gasteiger partial charge in [0.15, 0.2) is 5.88 Å². The second kappa shape index (κ2) is 6.02. The standard InChI is InChI=1S/C18H17FN2O/c1-12-6-7-17-14(10-12)15(18(22)21-17)11-20-9-8-13-4-2-3-5-16(13)19/h2-7,10-11,21-22H,8-9H2,1H3. The third-order valence-corrected chi connectivity index (χ3v) is 3.66. The molecule has 4 heteroatoms. The Morgan fingerprint density at radius 1 is 1.23 bits per heavy atom. The summed E-state index contributed by atoms with van der Waals surface area (Å²) in [5.74, 6) is -0.0986. The molecule has 0 fully saturated rings. The first-order chi connectivity index (χ1) is 10.6. The maximum absolute atomic E-state index is 13.5. The number of aromatic nitrogens is 1. The Hall–Kier alpha value is -2.62. The Balaban J connectivity index is 1.77. The SMILES string of the molecule is Cc1ccc2[nH]c(O)c(C=NCCc3ccccc3F)c2c1. The maximum atomic E-state index is 13.5. The predicted octanol–water partition coefficient (Wildman–Crippen LogP) is 3.98. The molecule has 1 aromatic heterocycles. The topological polar surface area (TPSA) is 48.4 Å². The molecule has 0 saturated heterocycles. The van der Waals surface area contributed by atoms with Crippen LogP contribution in [0.5, 0.6) is 5.88 Å². The number of nitrogens with one attached hydrogen (secondary N) is 1. The van der Waals surface area contributed by atoms with Crippen molar-refractivity contribution in [3.05, 3.63) is 65.0 Å². The van der Waals surface area contributed by atoms with Crippen LogP contribution < -0.4 is 0 Å².